The van der Waals surface area contributed by atoms with Gasteiger partial charge in [0.1, 0.15) is 0 Å². The molecule has 0 spiro atoms. The van der Waals surface area contributed by atoms with E-state index in [2.05, 4.69) is 15.3 Å². The molecule has 1 aliphatic heterocycles. The molecular weight excluding hydrogens is 476 g/mol. The number of nitrogens with zero attached hydrogens (tertiary/aromatic N) is 3. The molecule has 0 radical (unpaired) electrons. The number of ether oxygens (including phenoxy) is 1. The number of aryl methyl sites for hydroxylation is 1. The quantitative estimate of drug-likeness (QED) is 0.331. The van der Waals surface area contributed by atoms with E-state index in [1.165, 1.54) is 11.3 Å². The number of rotatable bonds is 6. The largest absolute Gasteiger partial charge is 0.491 e. The number of carbonyl (C=O) groups excluding carboxylic acids is 1. The van der Waals surface area contributed by atoms with Crippen molar-refractivity contribution in [3.8, 4) is 17.0 Å². The molecule has 8 nitrogen and oxygen atoms in total. The van der Waals surface area contributed by atoms with Gasteiger partial charge in [0.25, 0.3) is 0 Å². The van der Waals surface area contributed by atoms with Crippen LogP contribution in [-0.4, -0.2) is 40.2 Å². The maximum Gasteiger partial charge on any atom is 0.358 e. The fourth-order valence-corrected chi connectivity index (χ4v) is 5.02. The van der Waals surface area contributed by atoms with Gasteiger partial charge in [-0.2, -0.15) is 0 Å². The van der Waals surface area contributed by atoms with Crippen molar-refractivity contribution in [2.45, 2.75) is 26.7 Å². The van der Waals surface area contributed by atoms with Gasteiger partial charge >= 0.3 is 12.0 Å². The first-order valence-electron chi connectivity index (χ1n) is 11.8. The van der Waals surface area contributed by atoms with Gasteiger partial charge in [0, 0.05) is 17.8 Å². The number of anilines is 2. The maximum absolute atomic E-state index is 13.2. The molecule has 2 aromatic heterocycles. The molecule has 0 fully saturated rings. The Kier molecular flexibility index (Phi) is 6.56. The highest BCUT2D eigenvalue weighted by atomic mass is 32.1. The van der Waals surface area contributed by atoms with Crippen molar-refractivity contribution in [1.29, 1.82) is 0 Å². The summed E-state index contributed by atoms with van der Waals surface area (Å²) < 4.78 is 6.67. The van der Waals surface area contributed by atoms with Crippen LogP contribution in [0.5, 0.6) is 5.75 Å². The van der Waals surface area contributed by atoms with Gasteiger partial charge in [-0.1, -0.05) is 49.4 Å². The second kappa shape index (κ2) is 9.94. The lowest BCUT2D eigenvalue weighted by Crippen LogP contribution is -2.38. The van der Waals surface area contributed by atoms with Crippen molar-refractivity contribution in [1.82, 2.24) is 9.97 Å². The number of amides is 2. The summed E-state index contributed by atoms with van der Waals surface area (Å²) in [5, 5.41) is 13.2. The number of carbonyl (C=O) groups is 2. The number of aromatic carboxylic acids is 1. The van der Waals surface area contributed by atoms with Crippen LogP contribution in [0, 0.1) is 5.92 Å². The zero-order chi connectivity index (χ0) is 25.2. The van der Waals surface area contributed by atoms with E-state index < -0.39 is 5.97 Å². The first-order chi connectivity index (χ1) is 17.4. The minimum atomic E-state index is -1.15. The van der Waals surface area contributed by atoms with Crippen molar-refractivity contribution in [3.63, 3.8) is 0 Å². The van der Waals surface area contributed by atoms with E-state index in [0.717, 1.165) is 39.9 Å². The monoisotopic (exact) mass is 502 g/mol. The van der Waals surface area contributed by atoms with Gasteiger partial charge in [-0.05, 0) is 54.7 Å². The minimum absolute atomic E-state index is 0.128. The summed E-state index contributed by atoms with van der Waals surface area (Å²) in [6, 6.07) is 16.7. The summed E-state index contributed by atoms with van der Waals surface area (Å²) in [7, 11) is 0. The number of nitrogens with one attached hydrogen (secondary N) is 1. The number of thiazole rings is 1. The number of carboxylic acid groups (broad SMARTS) is 1. The van der Waals surface area contributed by atoms with E-state index in [1.807, 2.05) is 56.3 Å². The lowest BCUT2D eigenvalue weighted by molar-refractivity contribution is 0.0684. The molecule has 0 atom stereocenters. The molecule has 0 unspecified atom stereocenters. The number of benzene rings is 2. The highest BCUT2D eigenvalue weighted by Crippen LogP contribution is 2.34. The Hall–Kier alpha value is -3.98. The van der Waals surface area contributed by atoms with Gasteiger partial charge in [0.15, 0.2) is 16.6 Å². The van der Waals surface area contributed by atoms with Crippen LogP contribution in [0.4, 0.5) is 15.6 Å². The Morgan fingerprint density at radius 3 is 2.75 bits per heavy atom. The van der Waals surface area contributed by atoms with Gasteiger partial charge in [-0.25, -0.2) is 19.6 Å². The third-order valence-corrected chi connectivity index (χ3v) is 6.84. The average Bonchev–Trinajstić information content (AvgIpc) is 3.28. The summed E-state index contributed by atoms with van der Waals surface area (Å²) in [4.78, 5) is 35.7. The Labute approximate surface area is 212 Å². The third-order valence-electron chi connectivity index (χ3n) is 5.89. The van der Waals surface area contributed by atoms with Crippen molar-refractivity contribution < 1.29 is 19.4 Å². The standard InChI is InChI=1S/C27H26N4O4S/c1-16(2)15-35-22-12-11-19(28-24(22)25(32)33)18-10-9-17-6-5-13-31(21(17)14-18)27(34)30-26-29-20-7-3-4-8-23(20)36-26/h3-4,7-12,14,16H,5-6,13,15H2,1-2H3,(H,32,33)(H,29,30,34). The van der Waals surface area contributed by atoms with Crippen LogP contribution in [0.3, 0.4) is 0 Å². The van der Waals surface area contributed by atoms with E-state index in [9.17, 15) is 14.7 Å². The maximum atomic E-state index is 13.2. The Morgan fingerprint density at radius 2 is 1.97 bits per heavy atom. The molecule has 2 aromatic carbocycles. The molecule has 36 heavy (non-hydrogen) atoms. The van der Waals surface area contributed by atoms with Crippen molar-refractivity contribution >= 4 is 44.4 Å². The average molecular weight is 503 g/mol. The van der Waals surface area contributed by atoms with Crippen LogP contribution in [0.1, 0.15) is 36.3 Å². The number of fused-ring (bicyclic) bond motifs is 2. The number of hydrogen-bond donors (Lipinski definition) is 2. The predicted octanol–water partition coefficient (Wildman–Crippen LogP) is 6.08. The molecule has 2 amide bonds. The van der Waals surface area contributed by atoms with E-state index in [1.54, 1.807) is 17.0 Å². The minimum Gasteiger partial charge on any atom is -0.491 e. The van der Waals surface area contributed by atoms with Crippen LogP contribution in [0.25, 0.3) is 21.5 Å². The zero-order valence-electron chi connectivity index (χ0n) is 20.0. The molecule has 3 heterocycles. The van der Waals surface area contributed by atoms with E-state index in [-0.39, 0.29) is 23.4 Å². The number of carboxylic acids is 1. The van der Waals surface area contributed by atoms with Crippen LogP contribution in [0.15, 0.2) is 54.6 Å². The summed E-state index contributed by atoms with van der Waals surface area (Å²) in [5.41, 5.74) is 3.79. The molecule has 4 aromatic rings. The number of urea groups is 1. The summed E-state index contributed by atoms with van der Waals surface area (Å²) in [6.45, 7) is 4.96. The molecule has 9 heteroatoms. The summed E-state index contributed by atoms with van der Waals surface area (Å²) in [6.07, 6.45) is 1.71. The molecule has 2 N–H and O–H groups in total. The van der Waals surface area contributed by atoms with Crippen LogP contribution in [0.2, 0.25) is 0 Å². The lowest BCUT2D eigenvalue weighted by atomic mass is 9.98. The molecule has 0 saturated heterocycles. The van der Waals surface area contributed by atoms with Crippen molar-refractivity contribution in [2.24, 2.45) is 5.92 Å². The lowest BCUT2D eigenvalue weighted by Gasteiger charge is -2.29. The highest BCUT2D eigenvalue weighted by Gasteiger charge is 2.25. The Morgan fingerprint density at radius 1 is 1.14 bits per heavy atom. The van der Waals surface area contributed by atoms with Crippen LogP contribution >= 0.6 is 11.3 Å². The number of pyridine rings is 1. The summed E-state index contributed by atoms with van der Waals surface area (Å²) in [5.74, 6) is -0.646. The van der Waals surface area contributed by atoms with Crippen LogP contribution in [-0.2, 0) is 6.42 Å². The zero-order valence-corrected chi connectivity index (χ0v) is 20.8. The first-order valence-corrected chi connectivity index (χ1v) is 12.6. The normalized spacial score (nSPS) is 13.0. The fourth-order valence-electron chi connectivity index (χ4n) is 4.16. The van der Waals surface area contributed by atoms with E-state index in [0.29, 0.717) is 24.0 Å². The van der Waals surface area contributed by atoms with Gasteiger partial charge in [0.05, 0.1) is 22.5 Å². The molecule has 184 valence electrons. The van der Waals surface area contributed by atoms with Gasteiger partial charge in [-0.15, -0.1) is 0 Å². The predicted molar refractivity (Wildman–Crippen MR) is 141 cm³/mol. The van der Waals surface area contributed by atoms with E-state index >= 15 is 0 Å². The second-order valence-corrected chi connectivity index (χ2v) is 10.1. The number of aromatic nitrogens is 2. The molecule has 0 bridgehead atoms. The first kappa shape index (κ1) is 23.7. The van der Waals surface area contributed by atoms with Gasteiger partial charge in [-0.3, -0.25) is 10.2 Å². The second-order valence-electron chi connectivity index (χ2n) is 9.07. The summed E-state index contributed by atoms with van der Waals surface area (Å²) >= 11 is 1.43. The SMILES string of the molecule is CC(C)COc1ccc(-c2ccc3c(c2)N(C(=O)Nc2nc4ccccc4s2)CCC3)nc1C(=O)O. The van der Waals surface area contributed by atoms with Crippen molar-refractivity contribution in [3.05, 3.63) is 65.9 Å². The smallest absolute Gasteiger partial charge is 0.358 e. The van der Waals surface area contributed by atoms with Crippen molar-refractivity contribution in [2.75, 3.05) is 23.4 Å². The van der Waals surface area contributed by atoms with E-state index in [4.69, 9.17) is 4.74 Å². The number of para-hydroxylation sites is 1. The number of hydrogen-bond acceptors (Lipinski definition) is 6. The Bertz CT molecular complexity index is 1420. The molecule has 1 aliphatic rings. The molecule has 0 aliphatic carbocycles. The van der Waals surface area contributed by atoms with Crippen LogP contribution < -0.4 is 15.0 Å². The van der Waals surface area contributed by atoms with Gasteiger partial charge < -0.3 is 9.84 Å². The molecule has 5 rings (SSSR count). The topological polar surface area (TPSA) is 105 Å². The molecular formula is C27H26N4O4S. The molecule has 0 saturated carbocycles. The van der Waals surface area contributed by atoms with Gasteiger partial charge in [0.2, 0.25) is 0 Å². The highest BCUT2D eigenvalue weighted by molar-refractivity contribution is 7.22. The third kappa shape index (κ3) is 4.87. The fraction of sp³-hybridized carbons (Fsp3) is 0.259. The Balaban J connectivity index is 1.43.